The van der Waals surface area contributed by atoms with E-state index in [2.05, 4.69) is 27.0 Å². The number of likely N-dealkylation sites (N-methyl/N-ethyl adjacent to an activating group) is 1. The minimum Gasteiger partial charge on any atom is -0.462 e. The molecule has 1 N–H and O–H groups in total. The van der Waals surface area contributed by atoms with Crippen LogP contribution in [-0.2, 0) is 28.7 Å². The van der Waals surface area contributed by atoms with Crippen LogP contribution in [0.1, 0.15) is 28.8 Å². The molecule has 2 aromatic heterocycles. The van der Waals surface area contributed by atoms with Gasteiger partial charge in [0.25, 0.3) is 11.8 Å². The number of halogens is 5. The highest BCUT2D eigenvalue weighted by atomic mass is 19.4. The molecular weight excluding hydrogens is 627 g/mol. The number of nitrogens with one attached hydrogen (secondary N) is 1. The Morgan fingerprint density at radius 2 is 1.91 bits per heavy atom. The van der Waals surface area contributed by atoms with Crippen molar-refractivity contribution in [3.05, 3.63) is 34.6 Å². The van der Waals surface area contributed by atoms with Crippen LogP contribution in [0.15, 0.2) is 12.3 Å². The maximum atomic E-state index is 14.5. The maximum absolute atomic E-state index is 14.5. The van der Waals surface area contributed by atoms with Gasteiger partial charge in [0.05, 0.1) is 41.7 Å². The second-order valence-electron chi connectivity index (χ2n) is 12.1. The van der Waals surface area contributed by atoms with Crippen LogP contribution < -0.4 is 14.5 Å². The van der Waals surface area contributed by atoms with E-state index >= 15 is 0 Å². The van der Waals surface area contributed by atoms with Gasteiger partial charge in [-0.15, -0.1) is 0 Å². The van der Waals surface area contributed by atoms with Crippen molar-refractivity contribution >= 4 is 28.3 Å². The minimum atomic E-state index is -4.61. The summed E-state index contributed by atoms with van der Waals surface area (Å²) in [5, 5.41) is 7.13. The molecule has 6 rings (SSSR count). The van der Waals surface area contributed by atoms with Crippen LogP contribution in [0.5, 0.6) is 6.01 Å². The van der Waals surface area contributed by atoms with Crippen LogP contribution >= 0.6 is 0 Å². The molecular formula is C31H35F5N8O3. The molecule has 0 aliphatic carbocycles. The fraction of sp³-hybridized carbons (Fsp3) is 0.548. The quantitative estimate of drug-likeness (QED) is 0.315. The topological polar surface area (TPSA) is 103 Å². The van der Waals surface area contributed by atoms with E-state index in [1.54, 1.807) is 16.8 Å². The van der Waals surface area contributed by atoms with Crippen LogP contribution in [0.2, 0.25) is 0 Å². The number of rotatable bonds is 6. The molecule has 2 saturated heterocycles. The summed E-state index contributed by atoms with van der Waals surface area (Å²) in [5.74, 6) is 2.64. The third-order valence-electron chi connectivity index (χ3n) is 8.86. The highest BCUT2D eigenvalue weighted by Gasteiger charge is 2.44. The Labute approximate surface area is 268 Å². The lowest BCUT2D eigenvalue weighted by Crippen LogP contribution is -2.49. The van der Waals surface area contributed by atoms with Crippen LogP contribution in [0.4, 0.5) is 33.5 Å². The number of aromatic amines is 1. The molecule has 3 aliphatic rings. The van der Waals surface area contributed by atoms with E-state index in [9.17, 15) is 26.7 Å². The minimum absolute atomic E-state index is 0.0195. The van der Waals surface area contributed by atoms with Gasteiger partial charge in [-0.3, -0.25) is 14.8 Å². The Kier molecular flexibility index (Phi) is 8.88. The molecule has 1 amide bonds. The number of amides is 1. The molecule has 0 unspecified atom stereocenters. The summed E-state index contributed by atoms with van der Waals surface area (Å²) >= 11 is 0. The summed E-state index contributed by atoms with van der Waals surface area (Å²) in [5.41, 5.74) is 1.09. The summed E-state index contributed by atoms with van der Waals surface area (Å²) in [6.07, 6.45) is -3.25. The van der Waals surface area contributed by atoms with Crippen molar-refractivity contribution in [3.8, 4) is 17.9 Å². The van der Waals surface area contributed by atoms with Gasteiger partial charge >= 0.3 is 12.2 Å². The molecule has 3 aromatic rings. The predicted octanol–water partition coefficient (Wildman–Crippen LogP) is 3.26. The molecule has 1 atom stereocenters. The van der Waals surface area contributed by atoms with Crippen LogP contribution in [0.3, 0.4) is 0 Å². The average molecular weight is 663 g/mol. The van der Waals surface area contributed by atoms with Crippen molar-refractivity contribution in [2.24, 2.45) is 0 Å². The van der Waals surface area contributed by atoms with Crippen molar-refractivity contribution in [2.75, 3.05) is 76.4 Å². The van der Waals surface area contributed by atoms with Gasteiger partial charge in [-0.1, -0.05) is 5.92 Å². The molecule has 2 fully saturated rings. The summed E-state index contributed by atoms with van der Waals surface area (Å²) in [6.45, 7) is 2.99. The van der Waals surface area contributed by atoms with Gasteiger partial charge in [-0.2, -0.15) is 28.2 Å². The SMILES string of the molecule is COCC#CC(=O)N1CCN(c2nc(OC[C@@H]3CC(F)(F)CN3C)nc3c2CCN(c2c(C(F)(F)F)c(C)cc4[nH]ncc24)C3)CC1. The predicted molar refractivity (Wildman–Crippen MR) is 163 cm³/mol. The molecule has 0 saturated carbocycles. The fourth-order valence-corrected chi connectivity index (χ4v) is 6.60. The van der Waals surface area contributed by atoms with E-state index in [4.69, 9.17) is 14.5 Å². The van der Waals surface area contributed by atoms with Gasteiger partial charge in [-0.05, 0) is 37.9 Å². The van der Waals surface area contributed by atoms with Gasteiger partial charge in [0.15, 0.2) is 0 Å². The van der Waals surface area contributed by atoms with Crippen molar-refractivity contribution in [1.29, 1.82) is 0 Å². The molecule has 0 spiro atoms. The van der Waals surface area contributed by atoms with Gasteiger partial charge in [0.2, 0.25) is 0 Å². The highest BCUT2D eigenvalue weighted by Crippen LogP contribution is 2.44. The Balaban J connectivity index is 1.32. The lowest BCUT2D eigenvalue weighted by Gasteiger charge is -2.38. The molecule has 3 aliphatic heterocycles. The fourth-order valence-electron chi connectivity index (χ4n) is 6.60. The normalized spacial score (nSPS) is 19.9. The number of carbonyl (C=O) groups is 1. The largest absolute Gasteiger partial charge is 0.462 e. The number of nitrogens with zero attached hydrogens (tertiary/aromatic N) is 7. The first kappa shape index (κ1) is 32.7. The smallest absolute Gasteiger partial charge is 0.418 e. The number of carbonyl (C=O) groups excluding carboxylic acids is 1. The molecule has 0 bridgehead atoms. The number of aromatic nitrogens is 4. The van der Waals surface area contributed by atoms with Gasteiger partial charge in [-0.25, -0.2) is 8.78 Å². The number of hydrogen-bond donors (Lipinski definition) is 1. The lowest BCUT2D eigenvalue weighted by molar-refractivity contribution is -0.137. The Bertz CT molecular complexity index is 1710. The van der Waals surface area contributed by atoms with Crippen LogP contribution in [0, 0.1) is 18.8 Å². The summed E-state index contributed by atoms with van der Waals surface area (Å²) < 4.78 is 82.3. The lowest BCUT2D eigenvalue weighted by atomic mass is 9.98. The zero-order valence-corrected chi connectivity index (χ0v) is 26.3. The Hall–Kier alpha value is -4.23. The number of alkyl halides is 5. The van der Waals surface area contributed by atoms with Crippen LogP contribution in [0.25, 0.3) is 10.9 Å². The van der Waals surface area contributed by atoms with E-state index in [0.717, 1.165) is 5.56 Å². The number of fused-ring (bicyclic) bond motifs is 2. The Morgan fingerprint density at radius 1 is 1.15 bits per heavy atom. The van der Waals surface area contributed by atoms with Gasteiger partial charge in [0, 0.05) is 63.2 Å². The summed E-state index contributed by atoms with van der Waals surface area (Å²) in [6, 6.07) is 0.840. The van der Waals surface area contributed by atoms with E-state index in [0.29, 0.717) is 55.0 Å². The number of H-pyrrole nitrogens is 1. The first-order chi connectivity index (χ1) is 22.3. The molecule has 252 valence electrons. The van der Waals surface area contributed by atoms with Gasteiger partial charge in [0.1, 0.15) is 19.0 Å². The zero-order valence-electron chi connectivity index (χ0n) is 26.3. The number of likely N-dealkylation sites (tertiary alicyclic amines) is 1. The monoisotopic (exact) mass is 662 g/mol. The number of aryl methyl sites for hydroxylation is 1. The third kappa shape index (κ3) is 6.77. The second-order valence-corrected chi connectivity index (χ2v) is 12.1. The molecule has 47 heavy (non-hydrogen) atoms. The van der Waals surface area contributed by atoms with Crippen molar-refractivity contribution in [1.82, 2.24) is 30.0 Å². The first-order valence-electron chi connectivity index (χ1n) is 15.3. The number of benzene rings is 1. The zero-order chi connectivity index (χ0) is 33.5. The average Bonchev–Trinajstić information content (AvgIpc) is 3.59. The molecule has 11 nitrogen and oxygen atoms in total. The van der Waals surface area contributed by atoms with Crippen LogP contribution in [-0.4, -0.2) is 114 Å². The molecule has 5 heterocycles. The van der Waals surface area contributed by atoms with Crippen molar-refractivity contribution < 1.29 is 36.2 Å². The molecule has 16 heteroatoms. The third-order valence-corrected chi connectivity index (χ3v) is 8.86. The van der Waals surface area contributed by atoms with E-state index < -0.39 is 23.7 Å². The number of anilines is 2. The standard InChI is InChI=1S/C31H35F5N8O3/c1-19-13-23-22(15-37-40-23)27(26(19)31(34,35)36)44-7-6-21-24(16-44)38-29(47-17-20-14-30(32,33)18-41(20)2)39-28(21)43-10-8-42(9-11-43)25(45)5-4-12-46-3/h13,15,20H,6-12,14,16-18H2,1-3H3,(H,37,40)/t20-/m0/s1. The molecule has 1 aromatic carbocycles. The maximum Gasteiger partial charge on any atom is 0.418 e. The van der Waals surface area contributed by atoms with Crippen molar-refractivity contribution in [2.45, 2.75) is 44.5 Å². The number of piperazine rings is 1. The highest BCUT2D eigenvalue weighted by molar-refractivity contribution is 5.95. The van der Waals surface area contributed by atoms with Crippen molar-refractivity contribution in [3.63, 3.8) is 0 Å². The first-order valence-corrected chi connectivity index (χ1v) is 15.3. The van der Waals surface area contributed by atoms with Gasteiger partial charge < -0.3 is 24.2 Å². The number of methoxy groups -OCH3 is 1. The van der Waals surface area contributed by atoms with E-state index in [1.807, 2.05) is 4.90 Å². The van der Waals surface area contributed by atoms with E-state index in [1.165, 1.54) is 31.2 Å². The number of ether oxygens (including phenoxy) is 2. The summed E-state index contributed by atoms with van der Waals surface area (Å²) in [7, 11) is 3.09. The summed E-state index contributed by atoms with van der Waals surface area (Å²) in [4.78, 5) is 28.7. The Morgan fingerprint density at radius 3 is 2.60 bits per heavy atom. The molecule has 0 radical (unpaired) electrons. The van der Waals surface area contributed by atoms with E-state index in [-0.39, 0.29) is 62.4 Å². The number of hydrogen-bond acceptors (Lipinski definition) is 9. The second kappa shape index (κ2) is 12.8.